The first-order valence-electron chi connectivity index (χ1n) is 7.31. The number of carbonyl (C=O) groups excluding carboxylic acids is 1. The summed E-state index contributed by atoms with van der Waals surface area (Å²) >= 11 is 5.90. The zero-order valence-electron chi connectivity index (χ0n) is 12.9. The summed E-state index contributed by atoms with van der Waals surface area (Å²) in [5.74, 6) is -0.147. The van der Waals surface area contributed by atoms with Crippen molar-refractivity contribution in [3.05, 3.63) is 64.4 Å². The number of aryl methyl sites for hydroxylation is 2. The van der Waals surface area contributed by atoms with Crippen molar-refractivity contribution >= 4 is 34.2 Å². The summed E-state index contributed by atoms with van der Waals surface area (Å²) in [7, 11) is 0. The average Bonchev–Trinajstić information content (AvgIpc) is 2.93. The van der Waals surface area contributed by atoms with Crippen molar-refractivity contribution in [1.82, 2.24) is 5.43 Å². The highest BCUT2D eigenvalue weighted by Gasteiger charge is 2.12. The molecule has 23 heavy (non-hydrogen) atoms. The van der Waals surface area contributed by atoms with E-state index < -0.39 is 0 Å². The lowest BCUT2D eigenvalue weighted by Gasteiger charge is -2.08. The Labute approximate surface area is 139 Å². The molecule has 0 aliphatic carbocycles. The summed E-state index contributed by atoms with van der Waals surface area (Å²) in [6.07, 6.45) is 1.89. The maximum absolute atomic E-state index is 12.1. The highest BCUT2D eigenvalue weighted by molar-refractivity contribution is 6.30. The topological polar surface area (TPSA) is 54.3 Å². The van der Waals surface area contributed by atoms with Crippen molar-refractivity contribution in [3.63, 3.8) is 0 Å². The molecule has 118 valence electrons. The molecule has 0 saturated heterocycles. The number of hydrazine groups is 1. The third-order valence-corrected chi connectivity index (χ3v) is 4.10. The predicted octanol–water partition coefficient (Wildman–Crippen LogP) is 4.39. The first-order valence-corrected chi connectivity index (χ1v) is 7.69. The van der Waals surface area contributed by atoms with Crippen molar-refractivity contribution in [3.8, 4) is 0 Å². The second-order valence-electron chi connectivity index (χ2n) is 5.51. The highest BCUT2D eigenvalue weighted by Crippen LogP contribution is 2.26. The molecule has 4 nitrogen and oxygen atoms in total. The minimum absolute atomic E-state index is 0.147. The third kappa shape index (κ3) is 3.32. The third-order valence-electron chi connectivity index (χ3n) is 3.86. The van der Waals surface area contributed by atoms with Gasteiger partial charge in [0.1, 0.15) is 5.58 Å². The van der Waals surface area contributed by atoms with Crippen molar-refractivity contribution < 1.29 is 9.21 Å². The molecule has 0 aliphatic rings. The molecule has 2 N–H and O–H groups in total. The Morgan fingerprint density at radius 1 is 1.22 bits per heavy atom. The van der Waals surface area contributed by atoms with Crippen LogP contribution >= 0.6 is 11.6 Å². The Kier molecular flexibility index (Phi) is 4.26. The lowest BCUT2D eigenvalue weighted by Crippen LogP contribution is -2.30. The van der Waals surface area contributed by atoms with Crippen LogP contribution in [0.15, 0.2) is 47.1 Å². The fraction of sp³-hybridized carbons (Fsp3) is 0.167. The molecule has 3 aromatic rings. The molecule has 0 aliphatic heterocycles. The number of benzene rings is 2. The van der Waals surface area contributed by atoms with Gasteiger partial charge in [-0.3, -0.25) is 15.6 Å². The van der Waals surface area contributed by atoms with Crippen LogP contribution in [0.5, 0.6) is 0 Å². The molecule has 5 heteroatoms. The lowest BCUT2D eigenvalue weighted by molar-refractivity contribution is -0.119. The van der Waals surface area contributed by atoms with Gasteiger partial charge in [0.2, 0.25) is 5.91 Å². The molecule has 0 fully saturated rings. The number of rotatable bonds is 4. The average molecular weight is 329 g/mol. The monoisotopic (exact) mass is 328 g/mol. The standard InChI is InChI=1S/C18H17ClN2O2/c1-11-6-7-16-13(10-23-18(16)12(11)2)8-17(22)21-20-15-5-3-4-14(19)9-15/h3-7,9-10,20H,8H2,1-2H3,(H,21,22). The number of hydrogen-bond acceptors (Lipinski definition) is 3. The molecule has 3 rings (SSSR count). The SMILES string of the molecule is Cc1ccc2c(CC(=O)NNc3cccc(Cl)c3)coc2c1C. The minimum Gasteiger partial charge on any atom is -0.464 e. The summed E-state index contributed by atoms with van der Waals surface area (Å²) in [6, 6.07) is 11.2. The van der Waals surface area contributed by atoms with Gasteiger partial charge < -0.3 is 4.42 Å². The van der Waals surface area contributed by atoms with Crippen molar-refractivity contribution in [2.45, 2.75) is 20.3 Å². The van der Waals surface area contributed by atoms with Gasteiger partial charge in [0.05, 0.1) is 18.4 Å². The van der Waals surface area contributed by atoms with Crippen LogP contribution in [0, 0.1) is 13.8 Å². The van der Waals surface area contributed by atoms with E-state index in [9.17, 15) is 4.79 Å². The first-order chi connectivity index (χ1) is 11.0. The lowest BCUT2D eigenvalue weighted by atomic mass is 10.0. The molecule has 1 aromatic heterocycles. The van der Waals surface area contributed by atoms with Gasteiger partial charge in [0.25, 0.3) is 0 Å². The summed E-state index contributed by atoms with van der Waals surface area (Å²) in [5.41, 5.74) is 10.2. The van der Waals surface area contributed by atoms with Crippen LogP contribution in [-0.2, 0) is 11.2 Å². The Balaban J connectivity index is 1.70. The number of carbonyl (C=O) groups is 1. The van der Waals surface area contributed by atoms with E-state index >= 15 is 0 Å². The molecule has 1 amide bonds. The number of nitrogens with one attached hydrogen (secondary N) is 2. The van der Waals surface area contributed by atoms with Gasteiger partial charge >= 0.3 is 0 Å². The van der Waals surface area contributed by atoms with Gasteiger partial charge in [-0.1, -0.05) is 29.8 Å². The Hall–Kier alpha value is -2.46. The van der Waals surface area contributed by atoms with Crippen LogP contribution in [0.3, 0.4) is 0 Å². The molecular weight excluding hydrogens is 312 g/mol. The summed E-state index contributed by atoms with van der Waals surface area (Å²) in [4.78, 5) is 12.1. The number of fused-ring (bicyclic) bond motifs is 1. The Bertz CT molecular complexity index is 871. The van der Waals surface area contributed by atoms with Gasteiger partial charge in [-0.25, -0.2) is 0 Å². The fourth-order valence-corrected chi connectivity index (χ4v) is 2.64. The van der Waals surface area contributed by atoms with E-state index in [1.807, 2.05) is 38.1 Å². The van der Waals surface area contributed by atoms with E-state index in [1.54, 1.807) is 18.4 Å². The molecule has 0 spiro atoms. The molecule has 0 unspecified atom stereocenters. The predicted molar refractivity (Wildman–Crippen MR) is 92.6 cm³/mol. The molecule has 0 atom stereocenters. The second kappa shape index (κ2) is 6.34. The highest BCUT2D eigenvalue weighted by atomic mass is 35.5. The van der Waals surface area contributed by atoms with Crippen LogP contribution in [0.4, 0.5) is 5.69 Å². The number of anilines is 1. The number of furan rings is 1. The van der Waals surface area contributed by atoms with Crippen molar-refractivity contribution in [2.75, 3.05) is 5.43 Å². The molecule has 0 bridgehead atoms. The van der Waals surface area contributed by atoms with E-state index in [4.69, 9.17) is 16.0 Å². The normalized spacial score (nSPS) is 10.7. The van der Waals surface area contributed by atoms with Gasteiger partial charge in [-0.15, -0.1) is 0 Å². The second-order valence-corrected chi connectivity index (χ2v) is 5.94. The van der Waals surface area contributed by atoms with Crippen molar-refractivity contribution in [2.24, 2.45) is 0 Å². The molecule has 0 saturated carbocycles. The maximum atomic E-state index is 12.1. The van der Waals surface area contributed by atoms with Crippen LogP contribution < -0.4 is 10.9 Å². The van der Waals surface area contributed by atoms with E-state index in [1.165, 1.54) is 5.56 Å². The minimum atomic E-state index is -0.147. The first kappa shape index (κ1) is 15.4. The zero-order valence-corrected chi connectivity index (χ0v) is 13.7. The van der Waals surface area contributed by atoms with Crippen molar-refractivity contribution in [1.29, 1.82) is 0 Å². The largest absolute Gasteiger partial charge is 0.464 e. The van der Waals surface area contributed by atoms with E-state index in [0.717, 1.165) is 27.8 Å². The quantitative estimate of drug-likeness (QED) is 0.698. The zero-order chi connectivity index (χ0) is 16.4. The summed E-state index contributed by atoms with van der Waals surface area (Å²) in [5, 5.41) is 1.59. The number of halogens is 1. The smallest absolute Gasteiger partial charge is 0.242 e. The number of amides is 1. The molecular formula is C18H17ClN2O2. The maximum Gasteiger partial charge on any atom is 0.242 e. The Morgan fingerprint density at radius 2 is 2.04 bits per heavy atom. The van der Waals surface area contributed by atoms with Gasteiger partial charge in [-0.2, -0.15) is 0 Å². The van der Waals surface area contributed by atoms with E-state index in [2.05, 4.69) is 10.9 Å². The number of hydrogen-bond donors (Lipinski definition) is 2. The molecule has 2 aromatic carbocycles. The molecule has 1 heterocycles. The van der Waals surface area contributed by atoms with Gasteiger partial charge in [0, 0.05) is 16.0 Å². The fourth-order valence-electron chi connectivity index (χ4n) is 2.45. The van der Waals surface area contributed by atoms with Crippen LogP contribution in [0.2, 0.25) is 5.02 Å². The van der Waals surface area contributed by atoms with Crippen LogP contribution in [-0.4, -0.2) is 5.91 Å². The Morgan fingerprint density at radius 3 is 2.83 bits per heavy atom. The van der Waals surface area contributed by atoms with Crippen LogP contribution in [0.25, 0.3) is 11.0 Å². The molecule has 0 radical (unpaired) electrons. The van der Waals surface area contributed by atoms with Crippen LogP contribution in [0.1, 0.15) is 16.7 Å². The van der Waals surface area contributed by atoms with E-state index in [-0.39, 0.29) is 12.3 Å². The van der Waals surface area contributed by atoms with E-state index in [0.29, 0.717) is 5.02 Å². The van der Waals surface area contributed by atoms with Gasteiger partial charge in [-0.05, 0) is 43.2 Å². The van der Waals surface area contributed by atoms with Gasteiger partial charge in [0.15, 0.2) is 0 Å². The summed E-state index contributed by atoms with van der Waals surface area (Å²) in [6.45, 7) is 4.06. The summed E-state index contributed by atoms with van der Waals surface area (Å²) < 4.78 is 5.62.